The summed E-state index contributed by atoms with van der Waals surface area (Å²) in [6, 6.07) is 9.95. The number of nitrogens with zero attached hydrogens (tertiary/aromatic N) is 3. The minimum Gasteiger partial charge on any atom is -0.306 e. The minimum atomic E-state index is -3.54. The number of likely N-dealkylation sites (N-methyl/N-ethyl adjacent to an activating group) is 1. The molecule has 148 valence electrons. The maximum Gasteiger partial charge on any atom is 0.151 e. The number of halogens is 3. The molecule has 9 heteroatoms. The van der Waals surface area contributed by atoms with Gasteiger partial charge in [0.25, 0.3) is 0 Å². The zero-order valence-corrected chi connectivity index (χ0v) is 16.6. The number of benzene rings is 2. The maximum atomic E-state index is 14.3. The minimum absolute atomic E-state index is 0. The molecule has 5 nitrogen and oxygen atoms in total. The molecule has 0 fully saturated rings. The van der Waals surface area contributed by atoms with Crippen LogP contribution in [-0.4, -0.2) is 41.2 Å². The molecule has 0 unspecified atom stereocenters. The predicted molar refractivity (Wildman–Crippen MR) is 110 cm³/mol. The van der Waals surface area contributed by atoms with E-state index in [0.717, 1.165) is 16.4 Å². The van der Waals surface area contributed by atoms with Crippen LogP contribution in [0, 0.1) is 11.6 Å². The molecule has 0 amide bonds. The monoisotopic (exact) mass is 417 g/mol. The highest BCUT2D eigenvalue weighted by Gasteiger charge is 2.42. The van der Waals surface area contributed by atoms with E-state index in [1.807, 2.05) is 31.1 Å². The van der Waals surface area contributed by atoms with Crippen molar-refractivity contribution < 1.29 is 17.9 Å². The zero-order chi connectivity index (χ0) is 18.9. The second-order valence-corrected chi connectivity index (χ2v) is 7.95. The van der Waals surface area contributed by atoms with Crippen LogP contribution in [0.1, 0.15) is 0 Å². The Hall–Kier alpha value is -1.84. The lowest BCUT2D eigenvalue weighted by Crippen LogP contribution is -2.31. The van der Waals surface area contributed by atoms with Crippen molar-refractivity contribution in [1.29, 1.82) is 0 Å². The predicted octanol–water partition coefficient (Wildman–Crippen LogP) is 5.04. The van der Waals surface area contributed by atoms with Gasteiger partial charge in [0, 0.05) is 12.6 Å². The number of hydrogen-bond donors (Lipinski definition) is 2. The summed E-state index contributed by atoms with van der Waals surface area (Å²) in [7, 11) is 0.329. The molecule has 0 aromatic heterocycles. The second kappa shape index (κ2) is 8.45. The fourth-order valence-corrected chi connectivity index (χ4v) is 4.50. The summed E-state index contributed by atoms with van der Waals surface area (Å²) in [5.41, 5.74) is 0.948. The van der Waals surface area contributed by atoms with E-state index in [0.29, 0.717) is 17.9 Å². The van der Waals surface area contributed by atoms with Crippen LogP contribution in [0.25, 0.3) is 0 Å². The first-order chi connectivity index (χ1) is 12.3. The number of fused-ring (bicyclic) bond motifs is 1. The second-order valence-electron chi connectivity index (χ2n) is 6.16. The fraction of sp³-hybridized carbons (Fsp3) is 0.222. The highest BCUT2D eigenvalue weighted by molar-refractivity contribution is 8.27. The van der Waals surface area contributed by atoms with Crippen molar-refractivity contribution in [2.75, 3.05) is 35.8 Å². The summed E-state index contributed by atoms with van der Waals surface area (Å²) >= 11 is 0. The van der Waals surface area contributed by atoms with Crippen LogP contribution in [0.4, 0.5) is 25.8 Å². The van der Waals surface area contributed by atoms with Gasteiger partial charge in [-0.2, -0.15) is 0 Å². The van der Waals surface area contributed by atoms with Gasteiger partial charge in [-0.15, -0.1) is 12.4 Å². The van der Waals surface area contributed by atoms with Gasteiger partial charge < -0.3 is 4.90 Å². The summed E-state index contributed by atoms with van der Waals surface area (Å²) in [5, 5.41) is 0. The van der Waals surface area contributed by atoms with Crippen molar-refractivity contribution in [2.24, 2.45) is 0 Å². The van der Waals surface area contributed by atoms with Crippen LogP contribution < -0.4 is 8.61 Å². The zero-order valence-electron chi connectivity index (χ0n) is 14.9. The lowest BCUT2D eigenvalue weighted by molar-refractivity contribution is 0.456. The molecule has 0 atom stereocenters. The first kappa shape index (κ1) is 21.5. The van der Waals surface area contributed by atoms with E-state index in [9.17, 15) is 17.9 Å². The molecule has 0 bridgehead atoms. The average molecular weight is 418 g/mol. The topological polar surface area (TPSA) is 50.2 Å². The van der Waals surface area contributed by atoms with Crippen molar-refractivity contribution in [3.05, 3.63) is 66.3 Å². The van der Waals surface area contributed by atoms with Crippen LogP contribution in [-0.2, 0) is 0 Å². The van der Waals surface area contributed by atoms with Gasteiger partial charge in [-0.1, -0.05) is 24.3 Å². The Kier molecular flexibility index (Phi) is 6.72. The van der Waals surface area contributed by atoms with Gasteiger partial charge in [0.2, 0.25) is 0 Å². The summed E-state index contributed by atoms with van der Waals surface area (Å²) in [6.07, 6.45) is 3.74. The van der Waals surface area contributed by atoms with Crippen molar-refractivity contribution in [3.63, 3.8) is 0 Å². The van der Waals surface area contributed by atoms with E-state index in [1.54, 1.807) is 24.3 Å². The van der Waals surface area contributed by atoms with Crippen LogP contribution in [0.2, 0.25) is 0 Å². The molecule has 0 spiro atoms. The van der Waals surface area contributed by atoms with Gasteiger partial charge in [0.15, 0.2) is 5.82 Å². The van der Waals surface area contributed by atoms with Crippen LogP contribution in [0.5, 0.6) is 0 Å². The quantitative estimate of drug-likeness (QED) is 0.667. The van der Waals surface area contributed by atoms with Crippen molar-refractivity contribution in [2.45, 2.75) is 0 Å². The standard InChI is InChI=1S/C18H21F2N3O2S.ClH/c1-21(2)11-5-6-12-22-17-7-3-4-8-18(17)23(26(22,24)25)16-10-9-14(19)13-15(16)20;/h3-10,13,24-25H,11-12H2,1-2H3;1H. The van der Waals surface area contributed by atoms with E-state index < -0.39 is 22.6 Å². The molecule has 1 aliphatic heterocycles. The Morgan fingerprint density at radius 2 is 1.67 bits per heavy atom. The van der Waals surface area contributed by atoms with E-state index in [1.165, 1.54) is 10.4 Å². The number of hydrogen-bond acceptors (Lipinski definition) is 5. The molecule has 27 heavy (non-hydrogen) atoms. The fourth-order valence-electron chi connectivity index (χ4n) is 2.77. The van der Waals surface area contributed by atoms with Gasteiger partial charge >= 0.3 is 0 Å². The third kappa shape index (κ3) is 4.20. The lowest BCUT2D eigenvalue weighted by Gasteiger charge is -2.43. The van der Waals surface area contributed by atoms with Crippen LogP contribution >= 0.6 is 23.4 Å². The average Bonchev–Trinajstić information content (AvgIpc) is 2.79. The Morgan fingerprint density at radius 1 is 1.00 bits per heavy atom. The maximum absolute atomic E-state index is 14.3. The molecule has 1 aliphatic rings. The molecular formula is C18H22ClF2N3O2S. The number of anilines is 3. The van der Waals surface area contributed by atoms with Crippen LogP contribution in [0.15, 0.2) is 54.6 Å². The van der Waals surface area contributed by atoms with E-state index >= 15 is 0 Å². The first-order valence-electron chi connectivity index (χ1n) is 8.02. The molecule has 2 N–H and O–H groups in total. The Bertz CT molecular complexity index is 836. The molecule has 2 aromatic rings. The Morgan fingerprint density at radius 3 is 2.30 bits per heavy atom. The van der Waals surface area contributed by atoms with E-state index in [2.05, 4.69) is 0 Å². The van der Waals surface area contributed by atoms with Gasteiger partial charge in [0.1, 0.15) is 11.5 Å². The Labute approximate surface area is 165 Å². The van der Waals surface area contributed by atoms with Gasteiger partial charge in [-0.3, -0.25) is 9.11 Å². The summed E-state index contributed by atoms with van der Waals surface area (Å²) in [6.45, 7) is 0.956. The normalized spacial score (nSPS) is 16.6. The van der Waals surface area contributed by atoms with Crippen molar-refractivity contribution >= 4 is 40.4 Å². The third-order valence-electron chi connectivity index (χ3n) is 3.95. The van der Waals surface area contributed by atoms with Crippen molar-refractivity contribution in [1.82, 2.24) is 4.90 Å². The summed E-state index contributed by atoms with van der Waals surface area (Å²) in [4.78, 5) is 1.98. The molecule has 2 aromatic carbocycles. The lowest BCUT2D eigenvalue weighted by atomic mass is 10.2. The SMILES string of the molecule is CN(C)CC=CCN1c2ccccc2N(c2ccc(F)cc2F)S1(O)O.Cl. The Balaban J connectivity index is 0.00000261. The molecule has 0 saturated heterocycles. The highest BCUT2D eigenvalue weighted by atomic mass is 35.5. The van der Waals surface area contributed by atoms with Gasteiger partial charge in [-0.05, 0) is 49.3 Å². The van der Waals surface area contributed by atoms with Gasteiger partial charge in [-0.25, -0.2) is 17.4 Å². The molecule has 3 rings (SSSR count). The molecule has 0 radical (unpaired) electrons. The molecule has 0 aliphatic carbocycles. The highest BCUT2D eigenvalue weighted by Crippen LogP contribution is 2.64. The summed E-state index contributed by atoms with van der Waals surface area (Å²) < 4.78 is 51.9. The largest absolute Gasteiger partial charge is 0.306 e. The first-order valence-corrected chi connectivity index (χ1v) is 9.48. The molecule has 0 saturated carbocycles. The molecule has 1 heterocycles. The number of rotatable bonds is 5. The molecular weight excluding hydrogens is 396 g/mol. The van der Waals surface area contributed by atoms with E-state index in [-0.39, 0.29) is 24.6 Å². The summed E-state index contributed by atoms with van der Waals surface area (Å²) in [5.74, 6) is -1.58. The van der Waals surface area contributed by atoms with Gasteiger partial charge in [0.05, 0.1) is 17.9 Å². The number of para-hydroxylation sites is 2. The van der Waals surface area contributed by atoms with Crippen LogP contribution in [0.3, 0.4) is 0 Å². The van der Waals surface area contributed by atoms with Crippen molar-refractivity contribution in [3.8, 4) is 0 Å². The third-order valence-corrected chi connectivity index (χ3v) is 5.77. The van der Waals surface area contributed by atoms with E-state index in [4.69, 9.17) is 0 Å². The smallest absolute Gasteiger partial charge is 0.151 e.